The van der Waals surface area contributed by atoms with Crippen molar-refractivity contribution in [2.45, 2.75) is 48.0 Å². The van der Waals surface area contributed by atoms with E-state index in [1.165, 1.54) is 6.42 Å². The van der Waals surface area contributed by atoms with Crippen molar-refractivity contribution in [3.63, 3.8) is 0 Å². The van der Waals surface area contributed by atoms with E-state index in [1.54, 1.807) is 13.0 Å². The first-order valence-corrected chi connectivity index (χ1v) is 6.68. The largest absolute Gasteiger partial charge is 0.388 e. The number of hydrogen-bond acceptors (Lipinski definition) is 2. The molecule has 0 aromatic carbocycles. The van der Waals surface area contributed by atoms with Gasteiger partial charge in [0.25, 0.3) is 0 Å². The molecule has 2 atom stereocenters. The van der Waals surface area contributed by atoms with Crippen molar-refractivity contribution in [1.82, 2.24) is 5.32 Å². The Labute approximate surface area is 106 Å². The summed E-state index contributed by atoms with van der Waals surface area (Å²) in [7, 11) is 0. The second kappa shape index (κ2) is 5.24. The van der Waals surface area contributed by atoms with Gasteiger partial charge in [0.1, 0.15) is 0 Å². The fourth-order valence-corrected chi connectivity index (χ4v) is 2.87. The van der Waals surface area contributed by atoms with Crippen molar-refractivity contribution in [1.29, 1.82) is 0 Å². The van der Waals surface area contributed by atoms with Crippen LogP contribution < -0.4 is 5.32 Å². The average Bonchev–Trinajstić information content (AvgIpc) is 2.62. The van der Waals surface area contributed by atoms with Gasteiger partial charge in [-0.1, -0.05) is 27.7 Å². The predicted molar refractivity (Wildman–Crippen MR) is 72.7 cm³/mol. The van der Waals surface area contributed by atoms with E-state index in [4.69, 9.17) is 0 Å². The number of nitrogens with one attached hydrogen (secondary N) is 1. The Morgan fingerprint density at radius 2 is 1.88 bits per heavy atom. The molecule has 1 aliphatic carbocycles. The van der Waals surface area contributed by atoms with Crippen LogP contribution in [0.4, 0.5) is 0 Å². The summed E-state index contributed by atoms with van der Waals surface area (Å²) < 4.78 is 0. The van der Waals surface area contributed by atoms with Crippen LogP contribution >= 0.6 is 0 Å². The first-order chi connectivity index (χ1) is 7.75. The molecule has 98 valence electrons. The second-order valence-electron chi connectivity index (χ2n) is 6.48. The Kier molecular flexibility index (Phi) is 4.40. The minimum Gasteiger partial charge on any atom is -0.388 e. The van der Waals surface area contributed by atoms with Crippen molar-refractivity contribution in [3.8, 4) is 0 Å². The van der Waals surface area contributed by atoms with Gasteiger partial charge in [-0.25, -0.2) is 0 Å². The van der Waals surface area contributed by atoms with Crippen molar-refractivity contribution in [2.75, 3.05) is 6.54 Å². The van der Waals surface area contributed by atoms with Crippen molar-refractivity contribution >= 4 is 5.78 Å². The van der Waals surface area contributed by atoms with Crippen LogP contribution in [-0.4, -0.2) is 12.3 Å². The number of rotatable bonds is 6. The maximum atomic E-state index is 10.9. The summed E-state index contributed by atoms with van der Waals surface area (Å²) in [5, 5.41) is 3.38. The van der Waals surface area contributed by atoms with Crippen molar-refractivity contribution < 1.29 is 4.79 Å². The summed E-state index contributed by atoms with van der Waals surface area (Å²) in [5.74, 6) is 2.47. The lowest BCUT2D eigenvalue weighted by molar-refractivity contribution is -0.112. The highest BCUT2D eigenvalue weighted by molar-refractivity contribution is 5.87. The quantitative estimate of drug-likeness (QED) is 0.717. The van der Waals surface area contributed by atoms with E-state index in [1.807, 2.05) is 6.92 Å². The number of hydrogen-bond donors (Lipinski definition) is 1. The third-order valence-electron chi connectivity index (χ3n) is 4.03. The lowest BCUT2D eigenvalue weighted by Crippen LogP contribution is -2.17. The summed E-state index contributed by atoms with van der Waals surface area (Å²) >= 11 is 0. The normalized spacial score (nSPS) is 27.1. The zero-order valence-corrected chi connectivity index (χ0v) is 12.1. The zero-order chi connectivity index (χ0) is 13.2. The summed E-state index contributed by atoms with van der Waals surface area (Å²) in [5.41, 5.74) is 1.46. The molecule has 0 radical (unpaired) electrons. The van der Waals surface area contributed by atoms with Gasteiger partial charge in [0.05, 0.1) is 0 Å². The lowest BCUT2D eigenvalue weighted by Gasteiger charge is -2.07. The fourth-order valence-electron chi connectivity index (χ4n) is 2.87. The molecule has 0 saturated heterocycles. The molecular formula is C15H27NO. The molecule has 17 heavy (non-hydrogen) atoms. The number of allylic oxidation sites excluding steroid dienone is 2. The predicted octanol–water partition coefficient (Wildman–Crippen LogP) is 3.39. The molecular weight excluding hydrogens is 210 g/mol. The number of ketones is 1. The highest BCUT2D eigenvalue weighted by atomic mass is 16.1. The third-order valence-corrected chi connectivity index (χ3v) is 4.03. The first kappa shape index (κ1) is 14.3. The summed E-state index contributed by atoms with van der Waals surface area (Å²) in [6.45, 7) is 13.9. The van der Waals surface area contributed by atoms with E-state index in [9.17, 15) is 4.79 Å². The van der Waals surface area contributed by atoms with Crippen molar-refractivity contribution in [2.24, 2.45) is 23.2 Å². The zero-order valence-electron chi connectivity index (χ0n) is 12.1. The molecule has 2 nitrogen and oxygen atoms in total. The maximum absolute atomic E-state index is 10.9. The van der Waals surface area contributed by atoms with Crippen LogP contribution in [-0.2, 0) is 4.79 Å². The van der Waals surface area contributed by atoms with Gasteiger partial charge >= 0.3 is 0 Å². The Bertz CT molecular complexity index is 315. The second-order valence-corrected chi connectivity index (χ2v) is 6.48. The minimum atomic E-state index is 0.115. The Hall–Kier alpha value is -0.790. The first-order valence-electron chi connectivity index (χ1n) is 6.68. The van der Waals surface area contributed by atoms with E-state index >= 15 is 0 Å². The van der Waals surface area contributed by atoms with Crippen LogP contribution in [0.1, 0.15) is 48.0 Å². The van der Waals surface area contributed by atoms with E-state index in [0.717, 1.165) is 30.0 Å². The molecule has 0 aliphatic heterocycles. The van der Waals surface area contributed by atoms with E-state index in [0.29, 0.717) is 5.41 Å². The fraction of sp³-hybridized carbons (Fsp3) is 0.800. The van der Waals surface area contributed by atoms with Gasteiger partial charge in [0.2, 0.25) is 0 Å². The minimum absolute atomic E-state index is 0.115. The van der Waals surface area contributed by atoms with Crippen LogP contribution in [0.25, 0.3) is 0 Å². The molecule has 2 unspecified atom stereocenters. The molecule has 1 aliphatic rings. The van der Waals surface area contributed by atoms with E-state index in [-0.39, 0.29) is 5.78 Å². The Morgan fingerprint density at radius 3 is 2.35 bits per heavy atom. The van der Waals surface area contributed by atoms with Gasteiger partial charge < -0.3 is 5.32 Å². The Balaban J connectivity index is 2.41. The van der Waals surface area contributed by atoms with Gasteiger partial charge in [-0.05, 0) is 49.5 Å². The molecule has 1 rings (SSSR count). The summed E-state index contributed by atoms with van der Waals surface area (Å²) in [6.07, 6.45) is 2.99. The molecule has 0 spiro atoms. The van der Waals surface area contributed by atoms with E-state index < -0.39 is 0 Å². The monoisotopic (exact) mass is 237 g/mol. The topological polar surface area (TPSA) is 29.1 Å². The molecule has 1 N–H and O–H groups in total. The SMILES string of the molecule is CC(=O)C=C(C)NCC1C(CC(C)C)C1(C)C. The Morgan fingerprint density at radius 1 is 1.29 bits per heavy atom. The van der Waals surface area contributed by atoms with Crippen LogP contribution in [0.2, 0.25) is 0 Å². The van der Waals surface area contributed by atoms with Crippen LogP contribution in [0.15, 0.2) is 11.8 Å². The number of carbonyl (C=O) groups is 1. The summed E-state index contributed by atoms with van der Waals surface area (Å²) in [6, 6.07) is 0. The smallest absolute Gasteiger partial charge is 0.154 e. The van der Waals surface area contributed by atoms with Gasteiger partial charge in [0.15, 0.2) is 5.78 Å². The maximum Gasteiger partial charge on any atom is 0.154 e. The van der Waals surface area contributed by atoms with Crippen LogP contribution in [0.3, 0.4) is 0 Å². The molecule has 0 heterocycles. The summed E-state index contributed by atoms with van der Waals surface area (Å²) in [4.78, 5) is 10.9. The highest BCUT2D eigenvalue weighted by Gasteiger charge is 2.56. The number of carbonyl (C=O) groups excluding carboxylic acids is 1. The molecule has 0 bridgehead atoms. The van der Waals surface area contributed by atoms with Gasteiger partial charge in [-0.3, -0.25) is 4.79 Å². The molecule has 0 amide bonds. The van der Waals surface area contributed by atoms with Gasteiger partial charge in [0, 0.05) is 12.2 Å². The molecule has 1 saturated carbocycles. The highest BCUT2D eigenvalue weighted by Crippen LogP contribution is 2.60. The third kappa shape index (κ3) is 3.86. The molecule has 1 fully saturated rings. The lowest BCUT2D eigenvalue weighted by atomic mass is 10.0. The van der Waals surface area contributed by atoms with Crippen molar-refractivity contribution in [3.05, 3.63) is 11.8 Å². The van der Waals surface area contributed by atoms with Crippen LogP contribution in [0.5, 0.6) is 0 Å². The average molecular weight is 237 g/mol. The van der Waals surface area contributed by atoms with Gasteiger partial charge in [-0.15, -0.1) is 0 Å². The molecule has 0 aromatic heterocycles. The van der Waals surface area contributed by atoms with Gasteiger partial charge in [-0.2, -0.15) is 0 Å². The van der Waals surface area contributed by atoms with E-state index in [2.05, 4.69) is 33.0 Å². The molecule has 2 heteroatoms. The molecule has 0 aromatic rings. The van der Waals surface area contributed by atoms with Crippen LogP contribution in [0, 0.1) is 23.2 Å². The standard InChI is InChI=1S/C15H27NO/c1-10(2)7-13-14(15(13,5)6)9-16-11(3)8-12(4)17/h8,10,13-14,16H,7,9H2,1-6H3.